The smallest absolute Gasteiger partial charge is 0.0399 e. The summed E-state index contributed by atoms with van der Waals surface area (Å²) < 4.78 is 1.19. The first kappa shape index (κ1) is 12.9. The number of hydrogen-bond donors (Lipinski definition) is 0. The van der Waals surface area contributed by atoms with Gasteiger partial charge in [-0.25, -0.2) is 0 Å². The predicted octanol–water partition coefficient (Wildman–Crippen LogP) is 4.64. The molecule has 1 saturated heterocycles. The predicted molar refractivity (Wildman–Crippen MR) is 78.7 cm³/mol. The molecule has 1 aliphatic heterocycles. The van der Waals surface area contributed by atoms with Crippen LogP contribution in [0.15, 0.2) is 22.7 Å². The Labute approximate surface area is 113 Å². The molecule has 2 heteroatoms. The highest BCUT2D eigenvalue weighted by Gasteiger charge is 2.40. The van der Waals surface area contributed by atoms with Gasteiger partial charge in [0.15, 0.2) is 0 Å². The molecule has 0 radical (unpaired) electrons. The van der Waals surface area contributed by atoms with E-state index in [2.05, 4.69) is 59.8 Å². The van der Waals surface area contributed by atoms with Gasteiger partial charge in [0.05, 0.1) is 0 Å². The second kappa shape index (κ2) is 5.01. The van der Waals surface area contributed by atoms with Crippen molar-refractivity contribution in [2.45, 2.75) is 40.0 Å². The fraction of sp³-hybridized carbons (Fsp3) is 0.600. The van der Waals surface area contributed by atoms with E-state index < -0.39 is 0 Å². The lowest BCUT2D eigenvalue weighted by molar-refractivity contribution is 0.194. The molecule has 0 amide bonds. The maximum Gasteiger partial charge on any atom is 0.0399 e. The molecular formula is C15H22BrN. The second-order valence-electron chi connectivity index (χ2n) is 5.19. The number of nitrogens with zero attached hydrogens (tertiary/aromatic N) is 1. The highest BCUT2D eigenvalue weighted by atomic mass is 79.9. The molecule has 0 saturated carbocycles. The zero-order valence-electron chi connectivity index (χ0n) is 11.1. The largest absolute Gasteiger partial charge is 0.370 e. The van der Waals surface area contributed by atoms with Gasteiger partial charge < -0.3 is 4.90 Å². The van der Waals surface area contributed by atoms with Gasteiger partial charge >= 0.3 is 0 Å². The van der Waals surface area contributed by atoms with Crippen LogP contribution >= 0.6 is 15.9 Å². The third kappa shape index (κ3) is 2.37. The van der Waals surface area contributed by atoms with Crippen molar-refractivity contribution in [2.75, 3.05) is 18.0 Å². The summed E-state index contributed by atoms with van der Waals surface area (Å²) in [7, 11) is 0. The molecule has 1 aromatic rings. The van der Waals surface area contributed by atoms with Gasteiger partial charge in [-0.05, 0) is 43.0 Å². The maximum atomic E-state index is 3.56. The van der Waals surface area contributed by atoms with E-state index in [-0.39, 0.29) is 0 Å². The van der Waals surface area contributed by atoms with Crippen molar-refractivity contribution in [1.29, 1.82) is 0 Å². The zero-order valence-corrected chi connectivity index (χ0v) is 12.7. The molecule has 0 aliphatic carbocycles. The minimum absolute atomic E-state index is 0.581. The van der Waals surface area contributed by atoms with Gasteiger partial charge in [-0.1, -0.05) is 36.7 Å². The van der Waals surface area contributed by atoms with Crippen molar-refractivity contribution in [3.8, 4) is 0 Å². The number of aryl methyl sites for hydroxylation is 1. The van der Waals surface area contributed by atoms with Crippen molar-refractivity contribution in [3.63, 3.8) is 0 Å². The van der Waals surface area contributed by atoms with E-state index in [4.69, 9.17) is 0 Å². The van der Waals surface area contributed by atoms with Crippen LogP contribution in [0.1, 0.15) is 39.2 Å². The van der Waals surface area contributed by atoms with E-state index in [1.807, 2.05) is 0 Å². The Morgan fingerprint density at radius 1 is 1.18 bits per heavy atom. The van der Waals surface area contributed by atoms with Crippen LogP contribution in [-0.2, 0) is 6.42 Å². The third-order valence-corrected chi connectivity index (χ3v) is 4.81. The molecule has 0 N–H and O–H groups in total. The standard InChI is InChI=1S/C15H22BrN/c1-4-12-9-13(16)7-8-14(12)17-10-15(5-2,6-3)11-17/h7-9H,4-6,10-11H2,1-3H3. The summed E-state index contributed by atoms with van der Waals surface area (Å²) in [6, 6.07) is 6.68. The summed E-state index contributed by atoms with van der Waals surface area (Å²) in [5.74, 6) is 0. The first-order chi connectivity index (χ1) is 8.14. The number of anilines is 1. The maximum absolute atomic E-state index is 3.56. The van der Waals surface area contributed by atoms with Crippen LogP contribution in [-0.4, -0.2) is 13.1 Å². The molecule has 1 aromatic carbocycles. The lowest BCUT2D eigenvalue weighted by atomic mass is 9.74. The quantitative estimate of drug-likeness (QED) is 0.782. The zero-order chi connectivity index (χ0) is 12.5. The molecule has 1 aliphatic rings. The van der Waals surface area contributed by atoms with Gasteiger partial charge in [-0.2, -0.15) is 0 Å². The lowest BCUT2D eigenvalue weighted by Crippen LogP contribution is -2.56. The molecule has 0 spiro atoms. The molecule has 94 valence electrons. The summed E-state index contributed by atoms with van der Waals surface area (Å²) in [6.45, 7) is 9.34. The molecule has 0 atom stereocenters. The number of hydrogen-bond acceptors (Lipinski definition) is 1. The second-order valence-corrected chi connectivity index (χ2v) is 6.11. The molecule has 0 unspecified atom stereocenters. The van der Waals surface area contributed by atoms with E-state index in [0.717, 1.165) is 6.42 Å². The van der Waals surface area contributed by atoms with Gasteiger partial charge in [0.2, 0.25) is 0 Å². The van der Waals surface area contributed by atoms with Crippen LogP contribution in [0.2, 0.25) is 0 Å². The minimum atomic E-state index is 0.581. The molecule has 1 nitrogen and oxygen atoms in total. The molecule has 17 heavy (non-hydrogen) atoms. The van der Waals surface area contributed by atoms with Crippen molar-refractivity contribution >= 4 is 21.6 Å². The number of rotatable bonds is 4. The molecule has 0 bridgehead atoms. The Kier molecular flexibility index (Phi) is 3.82. The summed E-state index contributed by atoms with van der Waals surface area (Å²) in [5, 5.41) is 0. The van der Waals surface area contributed by atoms with E-state index in [1.54, 1.807) is 0 Å². The number of benzene rings is 1. The van der Waals surface area contributed by atoms with Crippen molar-refractivity contribution in [1.82, 2.24) is 0 Å². The van der Waals surface area contributed by atoms with Gasteiger partial charge in [0.1, 0.15) is 0 Å². The summed E-state index contributed by atoms with van der Waals surface area (Å²) in [4.78, 5) is 2.54. The van der Waals surface area contributed by atoms with Crippen molar-refractivity contribution in [3.05, 3.63) is 28.2 Å². The first-order valence-corrected chi connectivity index (χ1v) is 7.47. The fourth-order valence-corrected chi connectivity index (χ4v) is 3.19. The molecule has 1 fully saturated rings. The van der Waals surface area contributed by atoms with Crippen LogP contribution in [0.3, 0.4) is 0 Å². The van der Waals surface area contributed by atoms with Gasteiger partial charge in [0.25, 0.3) is 0 Å². The van der Waals surface area contributed by atoms with Crippen molar-refractivity contribution in [2.24, 2.45) is 5.41 Å². The van der Waals surface area contributed by atoms with Crippen LogP contribution in [0, 0.1) is 5.41 Å². The van der Waals surface area contributed by atoms with Gasteiger partial charge in [0, 0.05) is 28.7 Å². The average Bonchev–Trinajstić information content (AvgIpc) is 2.30. The van der Waals surface area contributed by atoms with Crippen LogP contribution in [0.5, 0.6) is 0 Å². The van der Waals surface area contributed by atoms with Crippen LogP contribution in [0.25, 0.3) is 0 Å². The van der Waals surface area contributed by atoms with Crippen LogP contribution in [0.4, 0.5) is 5.69 Å². The third-order valence-electron chi connectivity index (χ3n) is 4.32. The Morgan fingerprint density at radius 2 is 1.82 bits per heavy atom. The molecule has 1 heterocycles. The molecule has 2 rings (SSSR count). The SMILES string of the molecule is CCc1cc(Br)ccc1N1CC(CC)(CC)C1. The fourth-order valence-electron chi connectivity index (χ4n) is 2.78. The Balaban J connectivity index is 2.16. The molecule has 0 aromatic heterocycles. The lowest BCUT2D eigenvalue weighted by Gasteiger charge is -2.51. The highest BCUT2D eigenvalue weighted by Crippen LogP contribution is 2.41. The number of halogens is 1. The van der Waals surface area contributed by atoms with Gasteiger partial charge in [-0.3, -0.25) is 0 Å². The molecular weight excluding hydrogens is 274 g/mol. The van der Waals surface area contributed by atoms with E-state index in [0.29, 0.717) is 5.41 Å². The summed E-state index contributed by atoms with van der Waals surface area (Å²) in [6.07, 6.45) is 3.71. The topological polar surface area (TPSA) is 3.24 Å². The normalized spacial score (nSPS) is 18.0. The first-order valence-electron chi connectivity index (χ1n) is 6.67. The Morgan fingerprint density at radius 3 is 2.35 bits per heavy atom. The Hall–Kier alpha value is -0.500. The van der Waals surface area contributed by atoms with E-state index >= 15 is 0 Å². The summed E-state index contributed by atoms with van der Waals surface area (Å²) in [5.41, 5.74) is 3.48. The monoisotopic (exact) mass is 295 g/mol. The van der Waals surface area contributed by atoms with E-state index in [1.165, 1.54) is 41.7 Å². The Bertz CT molecular complexity index is 388. The van der Waals surface area contributed by atoms with E-state index in [9.17, 15) is 0 Å². The van der Waals surface area contributed by atoms with Gasteiger partial charge in [-0.15, -0.1) is 0 Å². The highest BCUT2D eigenvalue weighted by molar-refractivity contribution is 9.10. The minimum Gasteiger partial charge on any atom is -0.370 e. The van der Waals surface area contributed by atoms with Crippen LogP contribution < -0.4 is 4.90 Å². The van der Waals surface area contributed by atoms with Crippen molar-refractivity contribution < 1.29 is 0 Å². The summed E-state index contributed by atoms with van der Waals surface area (Å²) >= 11 is 3.56. The average molecular weight is 296 g/mol.